The van der Waals surface area contributed by atoms with Crippen molar-refractivity contribution in [3.63, 3.8) is 0 Å². The van der Waals surface area contributed by atoms with Crippen molar-refractivity contribution >= 4 is 28.6 Å². The molecule has 84 valence electrons. The molecule has 0 aliphatic heterocycles. The number of fused-ring (bicyclic) bond motifs is 1. The molecule has 0 atom stereocenters. The number of pyridine rings is 1. The fourth-order valence-electron chi connectivity index (χ4n) is 1.47. The minimum Gasteiger partial charge on any atom is -0.368 e. The summed E-state index contributed by atoms with van der Waals surface area (Å²) in [6.45, 7) is 0. The van der Waals surface area contributed by atoms with Crippen LogP contribution < -0.4 is 5.73 Å². The predicted molar refractivity (Wildman–Crippen MR) is 61.7 cm³/mol. The molecule has 0 saturated heterocycles. The van der Waals surface area contributed by atoms with Crippen LogP contribution in [-0.4, -0.2) is 29.7 Å². The highest BCUT2D eigenvalue weighted by molar-refractivity contribution is 6.29. The van der Waals surface area contributed by atoms with Crippen molar-refractivity contribution in [1.29, 1.82) is 0 Å². The molecular formula is C9H6ClN7. The van der Waals surface area contributed by atoms with Crippen molar-refractivity contribution in [3.05, 3.63) is 29.9 Å². The lowest BCUT2D eigenvalue weighted by molar-refractivity contribution is 0.848. The summed E-state index contributed by atoms with van der Waals surface area (Å²) in [5, 5.41) is 4.34. The summed E-state index contributed by atoms with van der Waals surface area (Å²) in [7, 11) is 0. The quantitative estimate of drug-likeness (QED) is 0.640. The normalized spacial score (nSPS) is 10.9. The lowest BCUT2D eigenvalue weighted by atomic mass is 10.3. The van der Waals surface area contributed by atoms with Gasteiger partial charge in [-0.05, 0) is 12.1 Å². The Hall–Kier alpha value is -2.28. The smallest absolute Gasteiger partial charge is 0.222 e. The molecule has 0 radical (unpaired) electrons. The van der Waals surface area contributed by atoms with E-state index in [-0.39, 0.29) is 5.95 Å². The van der Waals surface area contributed by atoms with E-state index in [1.54, 1.807) is 12.1 Å². The number of aromatic nitrogens is 6. The van der Waals surface area contributed by atoms with Gasteiger partial charge in [-0.25, -0.2) is 19.6 Å². The fourth-order valence-corrected chi connectivity index (χ4v) is 1.62. The molecule has 17 heavy (non-hydrogen) atoms. The van der Waals surface area contributed by atoms with Crippen molar-refractivity contribution in [1.82, 2.24) is 29.7 Å². The number of hydrogen-bond acceptors (Lipinski definition) is 6. The maximum absolute atomic E-state index is 5.85. The first-order chi connectivity index (χ1) is 8.24. The minimum atomic E-state index is 0.145. The second-order valence-electron chi connectivity index (χ2n) is 3.25. The van der Waals surface area contributed by atoms with Crippen LogP contribution in [0.5, 0.6) is 0 Å². The molecule has 2 N–H and O–H groups in total. The first-order valence-electron chi connectivity index (χ1n) is 4.69. The maximum Gasteiger partial charge on any atom is 0.222 e. The van der Waals surface area contributed by atoms with Crippen LogP contribution in [-0.2, 0) is 0 Å². The highest BCUT2D eigenvalue weighted by atomic mass is 35.5. The van der Waals surface area contributed by atoms with Gasteiger partial charge in [-0.1, -0.05) is 11.6 Å². The predicted octanol–water partition coefficient (Wildman–Crippen LogP) is 0.841. The third-order valence-corrected chi connectivity index (χ3v) is 2.35. The summed E-state index contributed by atoms with van der Waals surface area (Å²) in [4.78, 5) is 16.2. The second kappa shape index (κ2) is 3.63. The van der Waals surface area contributed by atoms with E-state index in [0.29, 0.717) is 22.0 Å². The van der Waals surface area contributed by atoms with Crippen LogP contribution in [0.15, 0.2) is 24.8 Å². The Bertz CT molecular complexity index is 679. The van der Waals surface area contributed by atoms with Gasteiger partial charge in [0.1, 0.15) is 23.3 Å². The van der Waals surface area contributed by atoms with Gasteiger partial charge in [0, 0.05) is 0 Å². The highest BCUT2D eigenvalue weighted by Gasteiger charge is 2.10. The lowest BCUT2D eigenvalue weighted by Gasteiger charge is -2.05. The molecule has 0 fully saturated rings. The van der Waals surface area contributed by atoms with E-state index in [9.17, 15) is 0 Å². The standard InChI is InChI=1S/C9H6ClN7/c10-6-2-1-5-7(15-6)8(16-9(11)14-5)17-4-12-3-13-17/h1-4H,(H2,11,14,16). The molecule has 7 nitrogen and oxygen atoms in total. The molecule has 3 aromatic rings. The van der Waals surface area contributed by atoms with Crippen LogP contribution in [0.1, 0.15) is 0 Å². The molecule has 8 heteroatoms. The molecular weight excluding hydrogens is 242 g/mol. The van der Waals surface area contributed by atoms with Crippen molar-refractivity contribution in [2.24, 2.45) is 0 Å². The Balaban J connectivity index is 2.39. The van der Waals surface area contributed by atoms with E-state index in [2.05, 4.69) is 25.0 Å². The third kappa shape index (κ3) is 1.66. The van der Waals surface area contributed by atoms with Gasteiger partial charge in [0.05, 0.1) is 5.52 Å². The van der Waals surface area contributed by atoms with E-state index in [1.807, 2.05) is 0 Å². The lowest BCUT2D eigenvalue weighted by Crippen LogP contribution is -2.05. The Morgan fingerprint density at radius 1 is 1.18 bits per heavy atom. The second-order valence-corrected chi connectivity index (χ2v) is 3.63. The number of rotatable bonds is 1. The molecule has 0 aromatic carbocycles. The van der Waals surface area contributed by atoms with Gasteiger partial charge in [-0.3, -0.25) is 0 Å². The topological polar surface area (TPSA) is 95.4 Å². The molecule has 0 bridgehead atoms. The zero-order chi connectivity index (χ0) is 11.8. The van der Waals surface area contributed by atoms with Crippen molar-refractivity contribution in [2.45, 2.75) is 0 Å². The third-order valence-electron chi connectivity index (χ3n) is 2.14. The molecule has 0 aliphatic rings. The molecule has 3 aromatic heterocycles. The van der Waals surface area contributed by atoms with Gasteiger partial charge in [0.2, 0.25) is 5.95 Å². The Morgan fingerprint density at radius 2 is 2.06 bits per heavy atom. The summed E-state index contributed by atoms with van der Waals surface area (Å²) in [6.07, 6.45) is 2.90. The average Bonchev–Trinajstić information content (AvgIpc) is 2.82. The molecule has 0 spiro atoms. The van der Waals surface area contributed by atoms with Crippen molar-refractivity contribution in [2.75, 3.05) is 5.73 Å². The first-order valence-corrected chi connectivity index (χ1v) is 5.06. The van der Waals surface area contributed by atoms with Gasteiger partial charge in [0.25, 0.3) is 0 Å². The Labute approximate surface area is 100 Å². The SMILES string of the molecule is Nc1nc(-n2cncn2)c2nc(Cl)ccc2n1. The van der Waals surface area contributed by atoms with Crippen molar-refractivity contribution < 1.29 is 0 Å². The number of hydrogen-bond donors (Lipinski definition) is 1. The van der Waals surface area contributed by atoms with Gasteiger partial charge < -0.3 is 5.73 Å². The van der Waals surface area contributed by atoms with Crippen LogP contribution in [0.4, 0.5) is 5.95 Å². The van der Waals surface area contributed by atoms with Crippen LogP contribution in [0.3, 0.4) is 0 Å². The first kappa shape index (κ1) is 9.91. The van der Waals surface area contributed by atoms with Crippen molar-refractivity contribution in [3.8, 4) is 5.82 Å². The summed E-state index contributed by atoms with van der Waals surface area (Å²) in [5.41, 5.74) is 6.75. The highest BCUT2D eigenvalue weighted by Crippen LogP contribution is 2.19. The largest absolute Gasteiger partial charge is 0.368 e. The molecule has 0 unspecified atom stereocenters. The fraction of sp³-hybridized carbons (Fsp3) is 0. The molecule has 0 aliphatic carbocycles. The van der Waals surface area contributed by atoms with Gasteiger partial charge >= 0.3 is 0 Å². The van der Waals surface area contributed by atoms with Crippen LogP contribution in [0.25, 0.3) is 16.9 Å². The molecule has 0 saturated carbocycles. The van der Waals surface area contributed by atoms with Gasteiger partial charge in [-0.2, -0.15) is 10.1 Å². The monoisotopic (exact) mass is 247 g/mol. The maximum atomic E-state index is 5.85. The number of halogens is 1. The Morgan fingerprint density at radius 3 is 2.82 bits per heavy atom. The Kier molecular flexibility index (Phi) is 2.12. The van der Waals surface area contributed by atoms with Crippen LogP contribution in [0.2, 0.25) is 5.15 Å². The number of nitrogens with two attached hydrogens (primary N) is 1. The summed E-state index contributed by atoms with van der Waals surface area (Å²) in [5.74, 6) is 0.597. The van der Waals surface area contributed by atoms with Crippen LogP contribution >= 0.6 is 11.6 Å². The molecule has 3 rings (SSSR count). The van der Waals surface area contributed by atoms with Gasteiger partial charge in [-0.15, -0.1) is 0 Å². The van der Waals surface area contributed by atoms with E-state index in [0.717, 1.165) is 0 Å². The molecule has 3 heterocycles. The van der Waals surface area contributed by atoms with E-state index >= 15 is 0 Å². The van der Waals surface area contributed by atoms with E-state index in [4.69, 9.17) is 17.3 Å². The molecule has 0 amide bonds. The summed E-state index contributed by atoms with van der Waals surface area (Å²) >= 11 is 5.85. The van der Waals surface area contributed by atoms with Gasteiger partial charge in [0.15, 0.2) is 5.82 Å². The number of nitrogen functional groups attached to an aromatic ring is 1. The zero-order valence-electron chi connectivity index (χ0n) is 8.45. The van der Waals surface area contributed by atoms with E-state index < -0.39 is 0 Å². The van der Waals surface area contributed by atoms with E-state index in [1.165, 1.54) is 17.3 Å². The summed E-state index contributed by atoms with van der Waals surface area (Å²) < 4.78 is 1.46. The number of anilines is 1. The van der Waals surface area contributed by atoms with Crippen LogP contribution in [0, 0.1) is 0 Å². The number of nitrogens with zero attached hydrogens (tertiary/aromatic N) is 6. The zero-order valence-corrected chi connectivity index (χ0v) is 9.20. The average molecular weight is 248 g/mol. The summed E-state index contributed by atoms with van der Waals surface area (Å²) in [6, 6.07) is 3.37. The minimum absolute atomic E-state index is 0.145.